The second-order valence-electron chi connectivity index (χ2n) is 4.06. The van der Waals surface area contributed by atoms with Crippen molar-refractivity contribution in [3.63, 3.8) is 0 Å². The molecule has 4 heteroatoms. The Morgan fingerprint density at radius 2 is 2.07 bits per heavy atom. The van der Waals surface area contributed by atoms with Gasteiger partial charge in [0.1, 0.15) is 11.7 Å². The van der Waals surface area contributed by atoms with Crippen LogP contribution < -0.4 is 0 Å². The monoisotopic (exact) mass is 200 g/mol. The third kappa shape index (κ3) is 2.25. The van der Waals surface area contributed by atoms with Gasteiger partial charge in [-0.25, -0.2) is 0 Å². The summed E-state index contributed by atoms with van der Waals surface area (Å²) in [4.78, 5) is 20.5. The molecule has 4 nitrogen and oxygen atoms in total. The van der Waals surface area contributed by atoms with Crippen molar-refractivity contribution >= 4 is 12.9 Å². The van der Waals surface area contributed by atoms with Crippen molar-refractivity contribution < 1.29 is 19.1 Å². The summed E-state index contributed by atoms with van der Waals surface area (Å²) in [6.07, 6.45) is 2.23. The van der Waals surface area contributed by atoms with Gasteiger partial charge < -0.3 is 9.47 Å². The third-order valence-corrected chi connectivity index (χ3v) is 3.19. The molecule has 0 aromatic heterocycles. The summed E-state index contributed by atoms with van der Waals surface area (Å²) >= 11 is 0. The van der Waals surface area contributed by atoms with Gasteiger partial charge in [0.2, 0.25) is 0 Å². The lowest BCUT2D eigenvalue weighted by molar-refractivity contribution is -0.159. The van der Waals surface area contributed by atoms with E-state index in [1.807, 2.05) is 13.8 Å². The van der Waals surface area contributed by atoms with Crippen LogP contribution in [0.2, 0.25) is 0 Å². The molecule has 80 valence electrons. The Kier molecular flexibility index (Phi) is 3.49. The number of hydrogen-bond donors (Lipinski definition) is 0. The van der Waals surface area contributed by atoms with E-state index < -0.39 is 5.60 Å². The average molecular weight is 200 g/mol. The summed E-state index contributed by atoms with van der Waals surface area (Å²) in [7, 11) is 0. The predicted octanol–water partition coefficient (Wildman–Crippen LogP) is 1.28. The smallest absolute Gasteiger partial charge is 0.293 e. The SMILES string of the molecule is CC1CC(OC=O)CCC1(C)OC=O. The average Bonchev–Trinajstić information content (AvgIpc) is 2.13. The first-order valence-electron chi connectivity index (χ1n) is 4.83. The van der Waals surface area contributed by atoms with Crippen molar-refractivity contribution in [2.45, 2.75) is 44.8 Å². The van der Waals surface area contributed by atoms with Gasteiger partial charge >= 0.3 is 0 Å². The number of ether oxygens (including phenoxy) is 2. The van der Waals surface area contributed by atoms with Gasteiger partial charge in [-0.1, -0.05) is 6.92 Å². The van der Waals surface area contributed by atoms with Gasteiger partial charge in [0.05, 0.1) is 0 Å². The molecule has 0 aliphatic heterocycles. The first-order chi connectivity index (χ1) is 6.62. The number of carbonyl (C=O) groups excluding carboxylic acids is 2. The Morgan fingerprint density at radius 3 is 2.57 bits per heavy atom. The van der Waals surface area contributed by atoms with Crippen molar-refractivity contribution in [3.05, 3.63) is 0 Å². The molecule has 1 saturated carbocycles. The van der Waals surface area contributed by atoms with E-state index in [4.69, 9.17) is 9.47 Å². The second-order valence-corrected chi connectivity index (χ2v) is 4.06. The highest BCUT2D eigenvalue weighted by atomic mass is 16.5. The van der Waals surface area contributed by atoms with E-state index in [1.54, 1.807) is 0 Å². The molecule has 0 spiro atoms. The minimum atomic E-state index is -0.398. The zero-order valence-corrected chi connectivity index (χ0v) is 8.56. The lowest BCUT2D eigenvalue weighted by Crippen LogP contribution is -2.43. The summed E-state index contributed by atoms with van der Waals surface area (Å²) in [5, 5.41) is 0. The van der Waals surface area contributed by atoms with E-state index >= 15 is 0 Å². The molecule has 0 radical (unpaired) electrons. The fraction of sp³-hybridized carbons (Fsp3) is 0.800. The normalized spacial score (nSPS) is 37.3. The highest BCUT2D eigenvalue weighted by molar-refractivity contribution is 5.39. The Bertz CT molecular complexity index is 216. The second kappa shape index (κ2) is 4.44. The van der Waals surface area contributed by atoms with E-state index in [2.05, 4.69) is 0 Å². The largest absolute Gasteiger partial charge is 0.465 e. The minimum absolute atomic E-state index is 0.0224. The van der Waals surface area contributed by atoms with Gasteiger partial charge in [-0.3, -0.25) is 9.59 Å². The van der Waals surface area contributed by atoms with E-state index in [9.17, 15) is 9.59 Å². The molecule has 3 unspecified atom stereocenters. The molecule has 1 rings (SSSR count). The molecule has 1 aliphatic rings. The van der Waals surface area contributed by atoms with E-state index in [-0.39, 0.29) is 12.0 Å². The molecular formula is C10H16O4. The maximum Gasteiger partial charge on any atom is 0.293 e. The first-order valence-corrected chi connectivity index (χ1v) is 4.83. The fourth-order valence-corrected chi connectivity index (χ4v) is 1.94. The van der Waals surface area contributed by atoms with Gasteiger partial charge in [0.15, 0.2) is 0 Å². The highest BCUT2D eigenvalue weighted by Gasteiger charge is 2.39. The molecular weight excluding hydrogens is 184 g/mol. The van der Waals surface area contributed by atoms with Crippen molar-refractivity contribution in [1.29, 1.82) is 0 Å². The molecule has 0 saturated heterocycles. The van der Waals surface area contributed by atoms with Crippen LogP contribution in [0.1, 0.15) is 33.1 Å². The lowest BCUT2D eigenvalue weighted by Gasteiger charge is -2.40. The molecule has 3 atom stereocenters. The Hall–Kier alpha value is -1.06. The molecule has 0 bridgehead atoms. The molecule has 0 heterocycles. The Morgan fingerprint density at radius 1 is 1.36 bits per heavy atom. The maximum absolute atomic E-state index is 10.3. The quantitative estimate of drug-likeness (QED) is 0.641. The lowest BCUT2D eigenvalue weighted by atomic mass is 9.76. The summed E-state index contributed by atoms with van der Waals surface area (Å²) in [6.45, 7) is 4.91. The van der Waals surface area contributed by atoms with Gasteiger partial charge in [0.25, 0.3) is 12.9 Å². The van der Waals surface area contributed by atoms with Gasteiger partial charge in [-0.05, 0) is 32.1 Å². The summed E-state index contributed by atoms with van der Waals surface area (Å²) < 4.78 is 9.98. The van der Waals surface area contributed by atoms with E-state index in [0.717, 1.165) is 19.3 Å². The molecule has 1 fully saturated rings. The summed E-state index contributed by atoms with van der Waals surface area (Å²) in [5.41, 5.74) is -0.398. The summed E-state index contributed by atoms with van der Waals surface area (Å²) in [5.74, 6) is 0.214. The van der Waals surface area contributed by atoms with Crippen molar-refractivity contribution in [3.8, 4) is 0 Å². The van der Waals surface area contributed by atoms with E-state index in [0.29, 0.717) is 12.9 Å². The standard InChI is InChI=1S/C10H16O4/c1-8-5-9(13-6-11)3-4-10(8,2)14-7-12/h6-9H,3-5H2,1-2H3. The fourth-order valence-electron chi connectivity index (χ4n) is 1.94. The zero-order valence-electron chi connectivity index (χ0n) is 8.56. The van der Waals surface area contributed by atoms with Crippen LogP contribution in [-0.2, 0) is 19.1 Å². The number of carbonyl (C=O) groups is 2. The Balaban J connectivity index is 2.54. The molecule has 0 amide bonds. The molecule has 0 aromatic carbocycles. The molecule has 0 aromatic rings. The molecule has 0 N–H and O–H groups in total. The van der Waals surface area contributed by atoms with Crippen LogP contribution in [0.4, 0.5) is 0 Å². The first kappa shape index (κ1) is 11.0. The van der Waals surface area contributed by atoms with Crippen molar-refractivity contribution in [2.75, 3.05) is 0 Å². The van der Waals surface area contributed by atoms with Crippen LogP contribution in [0.25, 0.3) is 0 Å². The van der Waals surface area contributed by atoms with Crippen molar-refractivity contribution in [1.82, 2.24) is 0 Å². The highest BCUT2D eigenvalue weighted by Crippen LogP contribution is 2.36. The van der Waals surface area contributed by atoms with Crippen LogP contribution in [-0.4, -0.2) is 24.6 Å². The third-order valence-electron chi connectivity index (χ3n) is 3.19. The number of rotatable bonds is 4. The van der Waals surface area contributed by atoms with Crippen LogP contribution in [0.5, 0.6) is 0 Å². The molecule has 14 heavy (non-hydrogen) atoms. The van der Waals surface area contributed by atoms with Crippen LogP contribution >= 0.6 is 0 Å². The number of hydrogen-bond acceptors (Lipinski definition) is 4. The van der Waals surface area contributed by atoms with Gasteiger partial charge in [0, 0.05) is 0 Å². The minimum Gasteiger partial charge on any atom is -0.465 e. The van der Waals surface area contributed by atoms with Crippen LogP contribution in [0.15, 0.2) is 0 Å². The zero-order chi connectivity index (χ0) is 10.6. The van der Waals surface area contributed by atoms with Crippen LogP contribution in [0, 0.1) is 5.92 Å². The van der Waals surface area contributed by atoms with E-state index in [1.165, 1.54) is 0 Å². The summed E-state index contributed by atoms with van der Waals surface area (Å²) in [6, 6.07) is 0. The molecule has 1 aliphatic carbocycles. The van der Waals surface area contributed by atoms with Crippen LogP contribution in [0.3, 0.4) is 0 Å². The topological polar surface area (TPSA) is 52.6 Å². The van der Waals surface area contributed by atoms with Gasteiger partial charge in [-0.15, -0.1) is 0 Å². The predicted molar refractivity (Wildman–Crippen MR) is 49.5 cm³/mol. The van der Waals surface area contributed by atoms with Gasteiger partial charge in [-0.2, -0.15) is 0 Å². The maximum atomic E-state index is 10.3. The Labute approximate surface area is 83.6 Å². The van der Waals surface area contributed by atoms with Crippen molar-refractivity contribution in [2.24, 2.45) is 5.92 Å².